The topological polar surface area (TPSA) is 65.7 Å². The molecule has 0 aliphatic heterocycles. The molecule has 0 aliphatic carbocycles. The molecule has 0 aliphatic rings. The van der Waals surface area contributed by atoms with Crippen molar-refractivity contribution >= 4 is 27.8 Å². The lowest BCUT2D eigenvalue weighted by Gasteiger charge is -2.07. The first-order valence-corrected chi connectivity index (χ1v) is 8.10. The highest BCUT2D eigenvalue weighted by Gasteiger charge is 2.11. The second-order valence-corrected chi connectivity index (χ2v) is 6.41. The van der Waals surface area contributed by atoms with Gasteiger partial charge in [0, 0.05) is 16.5 Å². The molecule has 124 valence electrons. The predicted molar refractivity (Wildman–Crippen MR) is 95.9 cm³/mol. The number of aromatic nitrogens is 2. The second kappa shape index (κ2) is 6.45. The first kappa shape index (κ1) is 16.2. The largest absolute Gasteiger partial charge is 0.497 e. The Morgan fingerprint density at radius 3 is 2.75 bits per heavy atom. The number of nitrogens with zero attached hydrogens (tertiary/aromatic N) is 3. The van der Waals surface area contributed by atoms with Gasteiger partial charge >= 0.3 is 0 Å². The number of ether oxygens (including phenoxy) is 2. The van der Waals surface area contributed by atoms with E-state index in [-0.39, 0.29) is 5.56 Å². The van der Waals surface area contributed by atoms with Crippen LogP contribution >= 0.6 is 11.3 Å². The minimum absolute atomic E-state index is 0.175. The van der Waals surface area contributed by atoms with Crippen LogP contribution in [-0.4, -0.2) is 30.1 Å². The molecule has 0 N–H and O–H groups in total. The van der Waals surface area contributed by atoms with E-state index in [4.69, 9.17) is 9.47 Å². The van der Waals surface area contributed by atoms with E-state index in [0.717, 1.165) is 20.8 Å². The maximum Gasteiger partial charge on any atom is 0.282 e. The lowest BCUT2D eigenvalue weighted by molar-refractivity contribution is 0.394. The molecule has 24 heavy (non-hydrogen) atoms. The standard InChI is InChI=1S/C17H17N3O3S/c1-10-11(2)24-16-15(10)17(21)20(9-18-16)19-8-12-5-6-13(22-3)7-14(12)23-4/h5-9H,1-4H3/b19-8+. The normalized spacial score (nSPS) is 11.3. The average molecular weight is 343 g/mol. The molecular formula is C17H17N3O3S. The summed E-state index contributed by atoms with van der Waals surface area (Å²) >= 11 is 1.52. The molecule has 7 heteroatoms. The van der Waals surface area contributed by atoms with Crippen LogP contribution in [0.15, 0.2) is 34.4 Å². The number of fused-ring (bicyclic) bond motifs is 1. The zero-order valence-electron chi connectivity index (χ0n) is 13.9. The fraction of sp³-hybridized carbons (Fsp3) is 0.235. The Labute approximate surface area is 143 Å². The molecule has 0 saturated heterocycles. The molecule has 0 bridgehead atoms. The number of thiophene rings is 1. The molecule has 0 unspecified atom stereocenters. The second-order valence-electron chi connectivity index (χ2n) is 5.21. The van der Waals surface area contributed by atoms with E-state index < -0.39 is 0 Å². The number of aryl methyl sites for hydroxylation is 2. The van der Waals surface area contributed by atoms with E-state index in [0.29, 0.717) is 16.9 Å². The lowest BCUT2D eigenvalue weighted by Crippen LogP contribution is -2.17. The van der Waals surface area contributed by atoms with Crippen molar-refractivity contribution in [1.29, 1.82) is 0 Å². The van der Waals surface area contributed by atoms with Gasteiger partial charge in [-0.1, -0.05) is 0 Å². The number of rotatable bonds is 4. The minimum atomic E-state index is -0.175. The van der Waals surface area contributed by atoms with E-state index in [1.807, 2.05) is 19.9 Å². The monoisotopic (exact) mass is 343 g/mol. The fourth-order valence-corrected chi connectivity index (χ4v) is 3.35. The Hall–Kier alpha value is -2.67. The van der Waals surface area contributed by atoms with Crippen LogP contribution in [0.4, 0.5) is 0 Å². The maximum absolute atomic E-state index is 12.6. The highest BCUT2D eigenvalue weighted by atomic mass is 32.1. The van der Waals surface area contributed by atoms with Gasteiger partial charge in [-0.2, -0.15) is 9.78 Å². The van der Waals surface area contributed by atoms with E-state index in [1.54, 1.807) is 32.6 Å². The minimum Gasteiger partial charge on any atom is -0.497 e. The van der Waals surface area contributed by atoms with Crippen molar-refractivity contribution in [1.82, 2.24) is 9.66 Å². The summed E-state index contributed by atoms with van der Waals surface area (Å²) in [7, 11) is 3.16. The van der Waals surface area contributed by atoms with Crippen molar-refractivity contribution in [2.45, 2.75) is 13.8 Å². The van der Waals surface area contributed by atoms with Crippen molar-refractivity contribution in [2.24, 2.45) is 5.10 Å². The summed E-state index contributed by atoms with van der Waals surface area (Å²) in [6.07, 6.45) is 3.01. The van der Waals surface area contributed by atoms with Gasteiger partial charge in [0.15, 0.2) is 0 Å². The van der Waals surface area contributed by atoms with Crippen LogP contribution in [0.25, 0.3) is 10.2 Å². The highest BCUT2D eigenvalue weighted by molar-refractivity contribution is 7.18. The van der Waals surface area contributed by atoms with E-state index in [2.05, 4.69) is 10.1 Å². The van der Waals surface area contributed by atoms with Gasteiger partial charge in [0.05, 0.1) is 25.8 Å². The van der Waals surface area contributed by atoms with Gasteiger partial charge in [0.25, 0.3) is 5.56 Å². The first-order valence-electron chi connectivity index (χ1n) is 7.29. The van der Waals surface area contributed by atoms with E-state index in [9.17, 15) is 4.79 Å². The molecule has 0 saturated carbocycles. The molecular weight excluding hydrogens is 326 g/mol. The van der Waals surface area contributed by atoms with Crippen molar-refractivity contribution in [3.05, 3.63) is 50.9 Å². The number of hydrogen-bond donors (Lipinski definition) is 0. The zero-order chi connectivity index (χ0) is 17.3. The molecule has 0 atom stereocenters. The van der Waals surface area contributed by atoms with Crippen LogP contribution in [0, 0.1) is 13.8 Å². The zero-order valence-corrected chi connectivity index (χ0v) is 14.7. The van der Waals surface area contributed by atoms with E-state index in [1.165, 1.54) is 22.3 Å². The predicted octanol–water partition coefficient (Wildman–Crippen LogP) is 2.97. The number of methoxy groups -OCH3 is 2. The quantitative estimate of drug-likeness (QED) is 0.683. The third-order valence-electron chi connectivity index (χ3n) is 3.83. The number of benzene rings is 1. The summed E-state index contributed by atoms with van der Waals surface area (Å²) < 4.78 is 11.7. The molecule has 0 fully saturated rings. The van der Waals surface area contributed by atoms with Gasteiger partial charge in [-0.05, 0) is 31.5 Å². The SMILES string of the molecule is COc1ccc(/C=N/n2cnc3sc(C)c(C)c3c2=O)c(OC)c1. The molecule has 3 aromatic rings. The molecule has 3 rings (SSSR count). The van der Waals surface area contributed by atoms with Gasteiger partial charge in [0.1, 0.15) is 22.7 Å². The summed E-state index contributed by atoms with van der Waals surface area (Å²) in [5.41, 5.74) is 1.52. The van der Waals surface area contributed by atoms with Crippen LogP contribution in [0.1, 0.15) is 16.0 Å². The van der Waals surface area contributed by atoms with Crippen LogP contribution < -0.4 is 15.0 Å². The van der Waals surface area contributed by atoms with Gasteiger partial charge in [0.2, 0.25) is 0 Å². The van der Waals surface area contributed by atoms with Gasteiger partial charge in [-0.25, -0.2) is 4.98 Å². The Kier molecular flexibility index (Phi) is 4.35. The molecule has 2 heterocycles. The maximum atomic E-state index is 12.6. The van der Waals surface area contributed by atoms with Crippen molar-refractivity contribution in [3.8, 4) is 11.5 Å². The number of hydrogen-bond acceptors (Lipinski definition) is 6. The summed E-state index contributed by atoms with van der Waals surface area (Å²) in [5.74, 6) is 1.30. The third-order valence-corrected chi connectivity index (χ3v) is 4.95. The molecule has 0 radical (unpaired) electrons. The Balaban J connectivity index is 2.04. The van der Waals surface area contributed by atoms with Crippen LogP contribution in [-0.2, 0) is 0 Å². The van der Waals surface area contributed by atoms with Crippen molar-refractivity contribution < 1.29 is 9.47 Å². The Morgan fingerprint density at radius 1 is 1.25 bits per heavy atom. The molecule has 6 nitrogen and oxygen atoms in total. The molecule has 1 aromatic carbocycles. The summed E-state index contributed by atoms with van der Waals surface area (Å²) in [6.45, 7) is 3.91. The highest BCUT2D eigenvalue weighted by Crippen LogP contribution is 2.25. The smallest absolute Gasteiger partial charge is 0.282 e. The van der Waals surface area contributed by atoms with E-state index >= 15 is 0 Å². The van der Waals surface area contributed by atoms with Crippen LogP contribution in [0.2, 0.25) is 0 Å². The Bertz CT molecular complexity index is 989. The summed E-state index contributed by atoms with van der Waals surface area (Å²) in [6, 6.07) is 5.39. The van der Waals surface area contributed by atoms with Crippen LogP contribution in [0.5, 0.6) is 11.5 Å². The van der Waals surface area contributed by atoms with Gasteiger partial charge < -0.3 is 9.47 Å². The van der Waals surface area contributed by atoms with Gasteiger partial charge in [-0.3, -0.25) is 4.79 Å². The van der Waals surface area contributed by atoms with Gasteiger partial charge in [-0.15, -0.1) is 11.3 Å². The molecule has 0 spiro atoms. The van der Waals surface area contributed by atoms with Crippen LogP contribution in [0.3, 0.4) is 0 Å². The lowest BCUT2D eigenvalue weighted by atomic mass is 10.2. The first-order chi connectivity index (χ1) is 11.5. The third kappa shape index (κ3) is 2.78. The fourth-order valence-electron chi connectivity index (χ4n) is 2.36. The summed E-state index contributed by atoms with van der Waals surface area (Å²) in [4.78, 5) is 18.8. The average Bonchev–Trinajstić information content (AvgIpc) is 2.89. The molecule has 2 aromatic heterocycles. The Morgan fingerprint density at radius 2 is 2.04 bits per heavy atom. The summed E-state index contributed by atoms with van der Waals surface area (Å²) in [5, 5.41) is 4.87. The molecule has 0 amide bonds. The van der Waals surface area contributed by atoms with Crippen molar-refractivity contribution in [2.75, 3.05) is 14.2 Å². The van der Waals surface area contributed by atoms with Crippen molar-refractivity contribution in [3.63, 3.8) is 0 Å².